The van der Waals surface area contributed by atoms with E-state index in [1.807, 2.05) is 0 Å². The zero-order valence-corrected chi connectivity index (χ0v) is 10.0. The Morgan fingerprint density at radius 1 is 1.61 bits per heavy atom. The minimum atomic E-state index is -0.0780. The lowest BCUT2D eigenvalue weighted by atomic mass is 10.4. The molecule has 18 heavy (non-hydrogen) atoms. The van der Waals surface area contributed by atoms with E-state index < -0.39 is 0 Å². The zero-order valence-electron chi connectivity index (χ0n) is 10.0. The molecule has 2 heterocycles. The van der Waals surface area contributed by atoms with E-state index in [2.05, 4.69) is 15.3 Å². The van der Waals surface area contributed by atoms with Crippen LogP contribution in [-0.4, -0.2) is 42.4 Å². The van der Waals surface area contributed by atoms with Crippen LogP contribution in [0.5, 0.6) is 5.88 Å². The van der Waals surface area contributed by atoms with Crippen LogP contribution in [0.15, 0.2) is 6.20 Å². The van der Waals surface area contributed by atoms with Crippen molar-refractivity contribution in [2.75, 3.05) is 30.4 Å². The van der Waals surface area contributed by atoms with Crippen LogP contribution < -0.4 is 15.0 Å². The first-order chi connectivity index (χ1) is 8.76. The number of hydrogen-bond acceptors (Lipinski definition) is 6. The first-order valence-electron chi connectivity index (χ1n) is 5.68. The van der Waals surface area contributed by atoms with E-state index >= 15 is 0 Å². The van der Waals surface area contributed by atoms with Crippen molar-refractivity contribution < 1.29 is 14.3 Å². The summed E-state index contributed by atoms with van der Waals surface area (Å²) < 4.78 is 5.11. The fourth-order valence-electron chi connectivity index (χ4n) is 1.77. The highest BCUT2D eigenvalue weighted by Gasteiger charge is 2.24. The van der Waals surface area contributed by atoms with E-state index in [9.17, 15) is 9.59 Å². The number of carbonyl (C=O) groups is 2. The summed E-state index contributed by atoms with van der Waals surface area (Å²) in [5.74, 6) is 1.21. The highest BCUT2D eigenvalue weighted by atomic mass is 16.5. The van der Waals surface area contributed by atoms with Crippen molar-refractivity contribution in [1.82, 2.24) is 9.97 Å². The summed E-state index contributed by atoms with van der Waals surface area (Å²) in [5, 5.41) is 2.83. The number of carbonyl (C=O) groups excluding carboxylic acids is 2. The van der Waals surface area contributed by atoms with Crippen LogP contribution >= 0.6 is 0 Å². The summed E-state index contributed by atoms with van der Waals surface area (Å²) in [6.07, 6.45) is 3.49. The molecule has 1 aromatic rings. The first-order valence-corrected chi connectivity index (χ1v) is 5.68. The van der Waals surface area contributed by atoms with Gasteiger partial charge in [-0.3, -0.25) is 14.5 Å². The second-order valence-corrected chi connectivity index (χ2v) is 3.76. The fraction of sp³-hybridized carbons (Fsp3) is 0.455. The van der Waals surface area contributed by atoms with E-state index in [0.717, 1.165) is 6.42 Å². The topological polar surface area (TPSA) is 84.4 Å². The molecule has 2 rings (SSSR count). The third-order valence-corrected chi connectivity index (χ3v) is 2.60. The highest BCUT2D eigenvalue weighted by Crippen LogP contribution is 2.24. The van der Waals surface area contributed by atoms with E-state index in [4.69, 9.17) is 4.74 Å². The Balaban J connectivity index is 2.23. The Bertz CT molecular complexity index is 464. The smallest absolute Gasteiger partial charge is 0.257 e. The van der Waals surface area contributed by atoms with Gasteiger partial charge in [-0.2, -0.15) is 0 Å². The van der Waals surface area contributed by atoms with E-state index in [1.165, 1.54) is 6.20 Å². The van der Waals surface area contributed by atoms with Gasteiger partial charge in [-0.25, -0.2) is 9.97 Å². The van der Waals surface area contributed by atoms with Gasteiger partial charge in [-0.05, 0) is 6.42 Å². The molecule has 7 heteroatoms. The summed E-state index contributed by atoms with van der Waals surface area (Å²) in [6.45, 7) is 0.580. The third-order valence-electron chi connectivity index (χ3n) is 2.60. The van der Waals surface area contributed by atoms with Crippen molar-refractivity contribution >= 4 is 23.8 Å². The predicted molar refractivity (Wildman–Crippen MR) is 64.7 cm³/mol. The number of amides is 1. The molecule has 0 aliphatic carbocycles. The number of aldehydes is 1. The number of hydrogen-bond donors (Lipinski definition) is 1. The Morgan fingerprint density at radius 3 is 3.06 bits per heavy atom. The van der Waals surface area contributed by atoms with Crippen molar-refractivity contribution in [1.29, 1.82) is 0 Å². The summed E-state index contributed by atoms with van der Waals surface area (Å²) in [5.41, 5.74) is 0. The average molecular weight is 250 g/mol. The highest BCUT2D eigenvalue weighted by molar-refractivity contribution is 5.94. The van der Waals surface area contributed by atoms with Gasteiger partial charge >= 0.3 is 0 Å². The number of nitrogens with zero attached hydrogens (tertiary/aromatic N) is 3. The number of nitrogens with one attached hydrogen (secondary N) is 1. The van der Waals surface area contributed by atoms with Gasteiger partial charge in [0.1, 0.15) is 6.61 Å². The molecule has 1 aromatic heterocycles. The average Bonchev–Trinajstić information content (AvgIpc) is 2.82. The molecule has 1 amide bonds. The second kappa shape index (κ2) is 5.44. The zero-order chi connectivity index (χ0) is 13.0. The fourth-order valence-corrected chi connectivity index (χ4v) is 1.77. The van der Waals surface area contributed by atoms with Crippen molar-refractivity contribution in [3.05, 3.63) is 6.20 Å². The van der Waals surface area contributed by atoms with Crippen LogP contribution in [0.4, 0.5) is 11.6 Å². The summed E-state index contributed by atoms with van der Waals surface area (Å²) in [6, 6.07) is 0. The Hall–Kier alpha value is -2.18. The van der Waals surface area contributed by atoms with Crippen LogP contribution in [0.25, 0.3) is 0 Å². The molecule has 0 saturated carbocycles. The molecule has 1 fully saturated rings. The minimum absolute atomic E-state index is 0.0490. The Labute approximate surface area is 104 Å². The maximum atomic E-state index is 11.6. The first kappa shape index (κ1) is 12.3. The van der Waals surface area contributed by atoms with E-state index in [1.54, 1.807) is 11.9 Å². The molecule has 0 aromatic carbocycles. The molecular weight excluding hydrogens is 236 g/mol. The van der Waals surface area contributed by atoms with Gasteiger partial charge in [-0.15, -0.1) is 0 Å². The predicted octanol–water partition coefficient (Wildman–Crippen LogP) is 0.223. The van der Waals surface area contributed by atoms with Crippen LogP contribution in [0.3, 0.4) is 0 Å². The van der Waals surface area contributed by atoms with Gasteiger partial charge < -0.3 is 10.1 Å². The van der Waals surface area contributed by atoms with Crippen molar-refractivity contribution in [2.45, 2.75) is 12.8 Å². The lowest BCUT2D eigenvalue weighted by Gasteiger charge is -2.16. The molecule has 0 spiro atoms. The van der Waals surface area contributed by atoms with Crippen LogP contribution in [0, 0.1) is 0 Å². The van der Waals surface area contributed by atoms with Crippen molar-refractivity contribution in [3.8, 4) is 5.88 Å². The monoisotopic (exact) mass is 250 g/mol. The molecule has 1 aliphatic heterocycles. The van der Waals surface area contributed by atoms with Gasteiger partial charge in [0.05, 0.1) is 6.20 Å². The number of rotatable bonds is 5. The Morgan fingerprint density at radius 2 is 2.44 bits per heavy atom. The van der Waals surface area contributed by atoms with Gasteiger partial charge in [0.25, 0.3) is 5.88 Å². The van der Waals surface area contributed by atoms with Gasteiger partial charge in [0, 0.05) is 20.0 Å². The van der Waals surface area contributed by atoms with E-state index in [0.29, 0.717) is 30.9 Å². The molecule has 96 valence electrons. The normalized spacial score (nSPS) is 14.7. The summed E-state index contributed by atoms with van der Waals surface area (Å²) in [7, 11) is 1.67. The maximum Gasteiger partial charge on any atom is 0.257 e. The maximum absolute atomic E-state index is 11.6. The second-order valence-electron chi connectivity index (χ2n) is 3.76. The standard InChI is InChI=1S/C11H14N4O3/c1-12-10-11(18-6-5-16)13-7-8(14-10)15-4-2-3-9(15)17/h5,7H,2-4,6H2,1H3,(H,12,14). The molecule has 7 nitrogen and oxygen atoms in total. The molecule has 1 N–H and O–H groups in total. The molecule has 1 aliphatic rings. The number of anilines is 2. The van der Waals surface area contributed by atoms with Crippen molar-refractivity contribution in [3.63, 3.8) is 0 Å². The largest absolute Gasteiger partial charge is 0.467 e. The van der Waals surface area contributed by atoms with Crippen molar-refractivity contribution in [2.24, 2.45) is 0 Å². The SMILES string of the molecule is CNc1nc(N2CCCC2=O)cnc1OCC=O. The molecule has 0 unspecified atom stereocenters. The van der Waals surface area contributed by atoms with Crippen LogP contribution in [0.1, 0.15) is 12.8 Å². The lowest BCUT2D eigenvalue weighted by molar-refractivity contribution is -0.117. The quantitative estimate of drug-likeness (QED) is 0.753. The molecule has 0 atom stereocenters. The minimum Gasteiger partial charge on any atom is -0.467 e. The van der Waals surface area contributed by atoms with Crippen LogP contribution in [-0.2, 0) is 9.59 Å². The molecular formula is C11H14N4O3. The third kappa shape index (κ3) is 2.39. The lowest BCUT2D eigenvalue weighted by Crippen LogP contribution is -2.25. The molecule has 1 saturated heterocycles. The number of aromatic nitrogens is 2. The Kier molecular flexibility index (Phi) is 3.71. The van der Waals surface area contributed by atoms with E-state index in [-0.39, 0.29) is 18.4 Å². The summed E-state index contributed by atoms with van der Waals surface area (Å²) >= 11 is 0. The molecule has 0 bridgehead atoms. The molecule has 0 radical (unpaired) electrons. The van der Waals surface area contributed by atoms with Gasteiger partial charge in [0.2, 0.25) is 5.91 Å². The van der Waals surface area contributed by atoms with Crippen LogP contribution in [0.2, 0.25) is 0 Å². The van der Waals surface area contributed by atoms with Gasteiger partial charge in [-0.1, -0.05) is 0 Å². The number of ether oxygens (including phenoxy) is 1. The summed E-state index contributed by atoms with van der Waals surface area (Å²) in [4.78, 5) is 31.8. The van der Waals surface area contributed by atoms with Gasteiger partial charge in [0.15, 0.2) is 17.9 Å².